The normalized spacial score (nSPS) is 28.0. The zero-order chi connectivity index (χ0) is 39.9. The molecule has 2 aliphatic heterocycles. The molecule has 4 bridgehead atoms. The van der Waals surface area contributed by atoms with E-state index in [4.69, 9.17) is 34.7 Å². The summed E-state index contributed by atoms with van der Waals surface area (Å²) in [5, 5.41) is 26.0. The number of ether oxygens (including phenoxy) is 2. The molecule has 4 aliphatic carbocycles. The van der Waals surface area contributed by atoms with Crippen LogP contribution in [-0.2, 0) is 28.9 Å². The van der Waals surface area contributed by atoms with Gasteiger partial charge in [0.25, 0.3) is 0 Å². The molecule has 4 saturated carbocycles. The molecule has 1 aromatic carbocycles. The Morgan fingerprint density at radius 3 is 2.50 bits per heavy atom. The number of fused-ring (bicyclic) bond motifs is 2. The van der Waals surface area contributed by atoms with Crippen LogP contribution in [0.25, 0.3) is 21.3 Å². The van der Waals surface area contributed by atoms with Crippen molar-refractivity contribution in [1.29, 1.82) is 0 Å². The zero-order valence-electron chi connectivity index (χ0n) is 34.2. The predicted molar refractivity (Wildman–Crippen MR) is 224 cm³/mol. The summed E-state index contributed by atoms with van der Waals surface area (Å²) < 4.78 is 15.9. The van der Waals surface area contributed by atoms with E-state index in [9.17, 15) is 9.90 Å². The molecule has 11 rings (SSSR count). The molecule has 6 heterocycles. The molecule has 0 spiro atoms. The van der Waals surface area contributed by atoms with Gasteiger partial charge in [-0.25, -0.2) is 14.8 Å². The molecular formula is C45H54N8O4S. The number of carboxylic acid groups (broad SMARTS) is 1. The Kier molecular flexibility index (Phi) is 9.27. The number of pyridine rings is 1. The van der Waals surface area contributed by atoms with E-state index in [0.29, 0.717) is 24.3 Å². The van der Waals surface area contributed by atoms with Crippen LogP contribution in [0, 0.1) is 30.1 Å². The van der Waals surface area contributed by atoms with Gasteiger partial charge in [0, 0.05) is 61.5 Å². The Morgan fingerprint density at radius 1 is 0.931 bits per heavy atom. The number of nitrogens with zero attached hydrogens (tertiary/aromatic N) is 8. The molecule has 12 nitrogen and oxygen atoms in total. The molecule has 4 aromatic heterocycles. The number of hydrogen-bond acceptors (Lipinski definition) is 11. The van der Waals surface area contributed by atoms with Gasteiger partial charge in [0.05, 0.1) is 52.5 Å². The van der Waals surface area contributed by atoms with Crippen LogP contribution in [0.5, 0.6) is 0 Å². The van der Waals surface area contributed by atoms with Crippen LogP contribution in [0.1, 0.15) is 96.8 Å². The van der Waals surface area contributed by atoms with Gasteiger partial charge < -0.3 is 19.5 Å². The SMILES string of the molecule is Cc1c(Cc2nc3ccccc3s2)nnc2c1CCCN2c1ccc(-c2cnn(CC34CC5(C)CC(C)(C3)CC(OCCN3CCOCC3)(C5)C4)c2C)c(C(=O)O)n1. The number of morpholine rings is 1. The van der Waals surface area contributed by atoms with Crippen molar-refractivity contribution in [3.05, 3.63) is 75.8 Å². The number of aromatic carboxylic acids is 1. The number of carboxylic acids is 1. The molecule has 2 unspecified atom stereocenters. The summed E-state index contributed by atoms with van der Waals surface area (Å²) in [6.07, 6.45) is 11.1. The topological polar surface area (TPSA) is 132 Å². The first-order valence-electron chi connectivity index (χ1n) is 21.1. The standard InChI is InChI=1S/C45H54N8O4S/c1-29-31-8-7-13-52(40(31)50-49-35(29)20-38-47-34-9-5-6-10-36(34)58-38)37-12-11-32(39(48-37)41(54)55)33-21-46-53(30(33)2)28-44-23-42(3)22-43(4,24-44)26-45(25-42,27-44)57-19-16-51-14-17-56-18-15-51/h5-6,9-12,21H,7-8,13-20,22-28H2,1-4H3,(H,54,55). The maximum Gasteiger partial charge on any atom is 0.355 e. The molecule has 5 fully saturated rings. The fourth-order valence-corrected chi connectivity index (χ4v) is 13.7. The number of anilines is 2. The van der Waals surface area contributed by atoms with Crippen molar-refractivity contribution in [2.75, 3.05) is 50.9 Å². The average molecular weight is 803 g/mol. The lowest BCUT2D eigenvalue weighted by molar-refractivity contribution is -0.249. The van der Waals surface area contributed by atoms with Crippen molar-refractivity contribution in [3.8, 4) is 11.1 Å². The Bertz CT molecular complexity index is 2350. The Labute approximate surface area is 344 Å². The Hall–Kier alpha value is -4.30. The van der Waals surface area contributed by atoms with Crippen molar-refractivity contribution in [1.82, 2.24) is 34.8 Å². The number of hydrogen-bond donors (Lipinski definition) is 1. The number of benzene rings is 1. The summed E-state index contributed by atoms with van der Waals surface area (Å²) >= 11 is 1.69. The quantitative estimate of drug-likeness (QED) is 0.140. The van der Waals surface area contributed by atoms with Crippen LogP contribution in [0.3, 0.4) is 0 Å². The smallest absolute Gasteiger partial charge is 0.355 e. The maximum atomic E-state index is 13.0. The first-order chi connectivity index (χ1) is 27.9. The molecule has 5 aromatic rings. The van der Waals surface area contributed by atoms with Gasteiger partial charge in [0.1, 0.15) is 5.82 Å². The van der Waals surface area contributed by atoms with Crippen LogP contribution in [0.4, 0.5) is 11.6 Å². The molecule has 0 radical (unpaired) electrons. The minimum atomic E-state index is -1.06. The highest BCUT2D eigenvalue weighted by Gasteiger charge is 2.66. The third-order valence-corrected chi connectivity index (χ3v) is 15.0. The molecule has 1 saturated heterocycles. The van der Waals surface area contributed by atoms with Crippen molar-refractivity contribution in [2.24, 2.45) is 16.2 Å². The molecule has 0 amide bonds. The second kappa shape index (κ2) is 14.2. The summed E-state index contributed by atoms with van der Waals surface area (Å²) in [6, 6.07) is 12.0. The van der Waals surface area contributed by atoms with Gasteiger partial charge in [-0.15, -0.1) is 16.4 Å². The maximum absolute atomic E-state index is 13.0. The average Bonchev–Trinajstić information content (AvgIpc) is 3.76. The second-order valence-corrected chi connectivity index (χ2v) is 20.0. The third-order valence-electron chi connectivity index (χ3n) is 14.0. The molecule has 2 atom stereocenters. The lowest BCUT2D eigenvalue weighted by Crippen LogP contribution is -2.64. The van der Waals surface area contributed by atoms with Gasteiger partial charge >= 0.3 is 5.97 Å². The molecule has 13 heteroatoms. The van der Waals surface area contributed by atoms with Gasteiger partial charge in [-0.05, 0) is 111 Å². The van der Waals surface area contributed by atoms with E-state index in [1.807, 2.05) is 41.4 Å². The van der Waals surface area contributed by atoms with Gasteiger partial charge in [0.15, 0.2) is 11.5 Å². The highest BCUT2D eigenvalue weighted by Crippen LogP contribution is 2.72. The van der Waals surface area contributed by atoms with Gasteiger partial charge in [-0.3, -0.25) is 9.58 Å². The van der Waals surface area contributed by atoms with Crippen LogP contribution in [-0.4, -0.2) is 97.5 Å². The molecule has 58 heavy (non-hydrogen) atoms. The van der Waals surface area contributed by atoms with Crippen LogP contribution >= 0.6 is 11.3 Å². The zero-order valence-corrected chi connectivity index (χ0v) is 35.0. The van der Waals surface area contributed by atoms with E-state index in [0.717, 1.165) is 123 Å². The van der Waals surface area contributed by atoms with Gasteiger partial charge in [0.2, 0.25) is 0 Å². The van der Waals surface area contributed by atoms with Crippen LogP contribution in [0.15, 0.2) is 42.6 Å². The summed E-state index contributed by atoms with van der Waals surface area (Å²) in [6.45, 7) is 15.9. The van der Waals surface area contributed by atoms with E-state index in [1.165, 1.54) is 24.0 Å². The fraction of sp³-hybridized carbons (Fsp3) is 0.556. The van der Waals surface area contributed by atoms with E-state index in [1.54, 1.807) is 11.3 Å². The van der Waals surface area contributed by atoms with Crippen molar-refractivity contribution in [3.63, 3.8) is 0 Å². The summed E-state index contributed by atoms with van der Waals surface area (Å²) in [5.41, 5.74) is 6.97. The third kappa shape index (κ3) is 6.81. The monoisotopic (exact) mass is 802 g/mol. The fourth-order valence-electron chi connectivity index (χ4n) is 12.7. The van der Waals surface area contributed by atoms with E-state index in [2.05, 4.69) is 43.3 Å². The van der Waals surface area contributed by atoms with E-state index < -0.39 is 5.97 Å². The lowest BCUT2D eigenvalue weighted by Gasteiger charge is -2.69. The molecule has 304 valence electrons. The van der Waals surface area contributed by atoms with Crippen molar-refractivity contribution >= 4 is 39.2 Å². The number of carbonyl (C=O) groups is 1. The molecule has 6 aliphatic rings. The van der Waals surface area contributed by atoms with Gasteiger partial charge in [-0.1, -0.05) is 26.0 Å². The molecule has 1 N–H and O–H groups in total. The largest absolute Gasteiger partial charge is 0.476 e. The van der Waals surface area contributed by atoms with Crippen LogP contribution in [0.2, 0.25) is 0 Å². The van der Waals surface area contributed by atoms with Crippen molar-refractivity contribution in [2.45, 2.75) is 97.6 Å². The van der Waals surface area contributed by atoms with Crippen LogP contribution < -0.4 is 4.90 Å². The molecular weight excluding hydrogens is 749 g/mol. The Morgan fingerprint density at radius 2 is 1.72 bits per heavy atom. The lowest BCUT2D eigenvalue weighted by atomic mass is 9.39. The van der Waals surface area contributed by atoms with Crippen molar-refractivity contribution < 1.29 is 19.4 Å². The number of thiazole rings is 1. The van der Waals surface area contributed by atoms with E-state index in [-0.39, 0.29) is 27.5 Å². The van der Waals surface area contributed by atoms with E-state index >= 15 is 0 Å². The number of rotatable bonds is 11. The summed E-state index contributed by atoms with van der Waals surface area (Å²) in [7, 11) is 0. The first-order valence-corrected chi connectivity index (χ1v) is 21.9. The summed E-state index contributed by atoms with van der Waals surface area (Å²) in [4.78, 5) is 27.1. The summed E-state index contributed by atoms with van der Waals surface area (Å²) in [5.74, 6) is 0.250. The minimum absolute atomic E-state index is 0.0202. The highest BCUT2D eigenvalue weighted by atomic mass is 32.1. The van der Waals surface area contributed by atoms with Gasteiger partial charge in [-0.2, -0.15) is 10.2 Å². The highest BCUT2D eigenvalue weighted by molar-refractivity contribution is 7.18. The number of aromatic nitrogens is 6. The minimum Gasteiger partial charge on any atom is -0.476 e. The predicted octanol–water partition coefficient (Wildman–Crippen LogP) is 7.80. The Balaban J connectivity index is 0.898. The number of para-hydroxylation sites is 1. The second-order valence-electron chi connectivity index (χ2n) is 18.9. The first kappa shape index (κ1) is 37.9.